The van der Waals surface area contributed by atoms with Gasteiger partial charge in [0.25, 0.3) is 0 Å². The lowest BCUT2D eigenvalue weighted by Crippen LogP contribution is -2.64. The number of ether oxygens (including phenoxy) is 6. The molecule has 2 fully saturated rings. The SMILES string of the molecule is CC(C)(C)OC(=O)N1C(=O)OC[C@@]12C[C@@H](OCc1ccccc1)[C@H](OCc1ccccc1)C(COCc1ccccc1)O2. The average Bonchev–Trinajstić information content (AvgIpc) is 3.31. The van der Waals surface area contributed by atoms with Gasteiger partial charge in [-0.3, -0.25) is 0 Å². The second-order valence-electron chi connectivity index (χ2n) is 11.8. The minimum atomic E-state index is -1.46. The van der Waals surface area contributed by atoms with Gasteiger partial charge in [0.1, 0.15) is 24.4 Å². The first-order chi connectivity index (χ1) is 20.7. The Kier molecular flexibility index (Phi) is 9.77. The van der Waals surface area contributed by atoms with Gasteiger partial charge in [-0.1, -0.05) is 91.0 Å². The van der Waals surface area contributed by atoms with Crippen LogP contribution in [-0.4, -0.2) is 59.9 Å². The van der Waals surface area contributed by atoms with E-state index in [-0.39, 0.29) is 19.6 Å². The van der Waals surface area contributed by atoms with Gasteiger partial charge in [0.05, 0.1) is 32.5 Å². The highest BCUT2D eigenvalue weighted by atomic mass is 16.7. The molecule has 228 valence electrons. The second-order valence-corrected chi connectivity index (χ2v) is 11.8. The normalized spacial score (nSPS) is 23.7. The van der Waals surface area contributed by atoms with E-state index in [0.29, 0.717) is 19.8 Å². The lowest BCUT2D eigenvalue weighted by molar-refractivity contribution is -0.276. The Morgan fingerprint density at radius 1 is 0.837 bits per heavy atom. The summed E-state index contributed by atoms with van der Waals surface area (Å²) in [6.07, 6.45) is -3.42. The van der Waals surface area contributed by atoms with Crippen LogP contribution in [0.15, 0.2) is 91.0 Å². The third-order valence-electron chi connectivity index (χ3n) is 7.20. The number of hydrogen-bond acceptors (Lipinski definition) is 8. The van der Waals surface area contributed by atoms with Gasteiger partial charge in [-0.15, -0.1) is 0 Å². The van der Waals surface area contributed by atoms with Crippen LogP contribution in [-0.2, 0) is 48.2 Å². The second kappa shape index (κ2) is 13.7. The first-order valence-corrected chi connectivity index (χ1v) is 14.5. The zero-order chi connectivity index (χ0) is 30.3. The number of amides is 2. The molecule has 0 N–H and O–H groups in total. The van der Waals surface area contributed by atoms with Gasteiger partial charge in [-0.05, 0) is 37.5 Å². The number of hydrogen-bond donors (Lipinski definition) is 0. The molecule has 3 aromatic carbocycles. The molecule has 43 heavy (non-hydrogen) atoms. The molecule has 0 aliphatic carbocycles. The van der Waals surface area contributed by atoms with E-state index < -0.39 is 41.8 Å². The number of nitrogens with zero attached hydrogens (tertiary/aromatic N) is 1. The number of carbonyl (C=O) groups excluding carboxylic acids is 2. The zero-order valence-electron chi connectivity index (χ0n) is 24.8. The first-order valence-electron chi connectivity index (χ1n) is 14.5. The van der Waals surface area contributed by atoms with E-state index in [9.17, 15) is 9.59 Å². The summed E-state index contributed by atoms with van der Waals surface area (Å²) in [5.41, 5.74) is 0.668. The van der Waals surface area contributed by atoms with Crippen molar-refractivity contribution in [3.05, 3.63) is 108 Å². The van der Waals surface area contributed by atoms with Crippen LogP contribution in [0.4, 0.5) is 9.59 Å². The Morgan fingerprint density at radius 2 is 1.37 bits per heavy atom. The van der Waals surface area contributed by atoms with Crippen LogP contribution >= 0.6 is 0 Å². The molecule has 1 unspecified atom stereocenters. The molecule has 9 heteroatoms. The number of cyclic esters (lactones) is 1. The molecule has 3 aromatic rings. The van der Waals surface area contributed by atoms with E-state index in [0.717, 1.165) is 21.6 Å². The van der Waals surface area contributed by atoms with Gasteiger partial charge in [0.15, 0.2) is 5.72 Å². The van der Waals surface area contributed by atoms with E-state index in [1.807, 2.05) is 91.0 Å². The standard InChI is InChI=1S/C34H39NO8/c1-33(2,3)43-32(37)35-31(36)41-24-34(35)19-28(39-21-26-15-9-5-10-16-26)30(40-22-27-17-11-6-12-18-27)29(42-34)23-38-20-25-13-7-4-8-14-25/h4-18,28-30H,19-24H2,1-3H3/t28-,29?,30+,34+/m1/s1. The highest BCUT2D eigenvalue weighted by Gasteiger charge is 2.60. The van der Waals surface area contributed by atoms with Crippen LogP contribution in [0.3, 0.4) is 0 Å². The lowest BCUT2D eigenvalue weighted by atomic mass is 9.92. The number of imide groups is 1. The molecular weight excluding hydrogens is 550 g/mol. The van der Waals surface area contributed by atoms with Crippen LogP contribution in [0, 0.1) is 0 Å². The fourth-order valence-electron chi connectivity index (χ4n) is 5.23. The molecule has 0 radical (unpaired) electrons. The topological polar surface area (TPSA) is 92.8 Å². The van der Waals surface area contributed by atoms with Gasteiger partial charge in [0.2, 0.25) is 0 Å². The molecule has 4 atom stereocenters. The number of carbonyl (C=O) groups is 2. The van der Waals surface area contributed by atoms with Crippen LogP contribution in [0.2, 0.25) is 0 Å². The predicted molar refractivity (Wildman–Crippen MR) is 158 cm³/mol. The highest BCUT2D eigenvalue weighted by Crippen LogP contribution is 2.41. The van der Waals surface area contributed by atoms with Crippen molar-refractivity contribution in [2.45, 2.75) is 76.7 Å². The summed E-state index contributed by atoms with van der Waals surface area (Å²) in [6, 6.07) is 29.4. The summed E-state index contributed by atoms with van der Waals surface area (Å²) in [5.74, 6) is 0. The van der Waals surface area contributed by atoms with E-state index in [4.69, 9.17) is 28.4 Å². The third kappa shape index (κ3) is 8.00. The molecule has 0 saturated carbocycles. The van der Waals surface area contributed by atoms with Crippen molar-refractivity contribution in [1.82, 2.24) is 4.90 Å². The molecule has 2 aliphatic rings. The van der Waals surface area contributed by atoms with E-state index >= 15 is 0 Å². The molecule has 5 rings (SSSR count). The summed E-state index contributed by atoms with van der Waals surface area (Å²) < 4.78 is 36.8. The summed E-state index contributed by atoms with van der Waals surface area (Å²) in [7, 11) is 0. The number of benzene rings is 3. The van der Waals surface area contributed by atoms with Crippen molar-refractivity contribution in [3.8, 4) is 0 Å². The monoisotopic (exact) mass is 589 g/mol. The largest absolute Gasteiger partial charge is 0.444 e. The Hall–Kier alpha value is -3.76. The maximum Gasteiger partial charge on any atom is 0.422 e. The minimum absolute atomic E-state index is 0.123. The van der Waals surface area contributed by atoms with Crippen molar-refractivity contribution >= 4 is 12.2 Å². The Balaban J connectivity index is 1.44. The van der Waals surface area contributed by atoms with Crippen LogP contribution in [0.1, 0.15) is 43.9 Å². The Labute approximate surface area is 252 Å². The molecule has 2 aliphatic heterocycles. The summed E-state index contributed by atoms with van der Waals surface area (Å²) in [4.78, 5) is 27.3. The molecule has 0 aromatic heterocycles. The lowest BCUT2D eigenvalue weighted by Gasteiger charge is -2.47. The minimum Gasteiger partial charge on any atom is -0.444 e. The quantitative estimate of drug-likeness (QED) is 0.274. The summed E-state index contributed by atoms with van der Waals surface area (Å²) >= 11 is 0. The molecule has 2 heterocycles. The van der Waals surface area contributed by atoms with Crippen LogP contribution < -0.4 is 0 Å². The predicted octanol–water partition coefficient (Wildman–Crippen LogP) is 6.25. The van der Waals surface area contributed by atoms with Crippen molar-refractivity contribution in [2.24, 2.45) is 0 Å². The molecule has 0 bridgehead atoms. The maximum absolute atomic E-state index is 13.3. The van der Waals surface area contributed by atoms with Crippen molar-refractivity contribution in [3.63, 3.8) is 0 Å². The van der Waals surface area contributed by atoms with Gasteiger partial charge in [0, 0.05) is 6.42 Å². The number of rotatable bonds is 10. The van der Waals surface area contributed by atoms with Crippen LogP contribution in [0.25, 0.3) is 0 Å². The Morgan fingerprint density at radius 3 is 1.93 bits per heavy atom. The fourth-order valence-corrected chi connectivity index (χ4v) is 5.23. The zero-order valence-corrected chi connectivity index (χ0v) is 24.8. The third-order valence-corrected chi connectivity index (χ3v) is 7.20. The van der Waals surface area contributed by atoms with Crippen molar-refractivity contribution in [1.29, 1.82) is 0 Å². The van der Waals surface area contributed by atoms with Crippen molar-refractivity contribution in [2.75, 3.05) is 13.2 Å². The van der Waals surface area contributed by atoms with E-state index in [1.54, 1.807) is 20.8 Å². The highest BCUT2D eigenvalue weighted by molar-refractivity contribution is 5.90. The molecular formula is C34H39NO8. The van der Waals surface area contributed by atoms with Gasteiger partial charge in [-0.25, -0.2) is 9.59 Å². The molecule has 2 saturated heterocycles. The van der Waals surface area contributed by atoms with Gasteiger partial charge in [-0.2, -0.15) is 4.90 Å². The van der Waals surface area contributed by atoms with Crippen molar-refractivity contribution < 1.29 is 38.0 Å². The molecule has 9 nitrogen and oxygen atoms in total. The Bertz CT molecular complexity index is 1330. The molecule has 2 amide bonds. The van der Waals surface area contributed by atoms with Gasteiger partial charge < -0.3 is 28.4 Å². The van der Waals surface area contributed by atoms with E-state index in [2.05, 4.69) is 0 Å². The summed E-state index contributed by atoms with van der Waals surface area (Å²) in [5, 5.41) is 0. The fraction of sp³-hybridized carbons (Fsp3) is 0.412. The first kappa shape index (κ1) is 30.7. The maximum atomic E-state index is 13.3. The smallest absolute Gasteiger partial charge is 0.422 e. The van der Waals surface area contributed by atoms with Crippen LogP contribution in [0.5, 0.6) is 0 Å². The van der Waals surface area contributed by atoms with E-state index in [1.165, 1.54) is 0 Å². The van der Waals surface area contributed by atoms with Gasteiger partial charge >= 0.3 is 12.2 Å². The average molecular weight is 590 g/mol. The molecule has 1 spiro atoms. The summed E-state index contributed by atoms with van der Waals surface area (Å²) in [6.45, 7) is 6.12.